The second-order valence-electron chi connectivity index (χ2n) is 8.13. The summed E-state index contributed by atoms with van der Waals surface area (Å²) in [4.78, 5) is 22.3. The maximum atomic E-state index is 13.6. The van der Waals surface area contributed by atoms with Gasteiger partial charge in [0.25, 0.3) is 5.91 Å². The minimum absolute atomic E-state index is 0.149. The third-order valence-electron chi connectivity index (χ3n) is 5.87. The lowest BCUT2D eigenvalue weighted by atomic mass is 9.94. The number of fused-ring (bicyclic) bond motifs is 1. The number of aromatic nitrogens is 4. The molecule has 3 heterocycles. The fraction of sp³-hybridized carbons (Fsp3) is 0.154. The molecule has 4 aromatic rings. The van der Waals surface area contributed by atoms with Gasteiger partial charge in [-0.2, -0.15) is 4.98 Å². The SMILES string of the molecule is COc1ccc([C@H]2C(C(=O)Nc3cccnc3)=C(C)Nc3nc(-c4ccc(O)cc4)nn32)cc1OC. The van der Waals surface area contributed by atoms with Crippen LogP contribution in [0.25, 0.3) is 11.4 Å². The van der Waals surface area contributed by atoms with Crippen molar-refractivity contribution < 1.29 is 19.4 Å². The first-order chi connectivity index (χ1) is 17.5. The molecule has 10 nitrogen and oxygen atoms in total. The number of methoxy groups -OCH3 is 2. The number of carbonyl (C=O) groups is 1. The molecule has 2 aromatic heterocycles. The van der Waals surface area contributed by atoms with Crippen LogP contribution >= 0.6 is 0 Å². The largest absolute Gasteiger partial charge is 0.508 e. The van der Waals surface area contributed by atoms with Crippen LogP contribution < -0.4 is 20.1 Å². The maximum absolute atomic E-state index is 13.6. The smallest absolute Gasteiger partial charge is 0.255 e. The molecule has 0 saturated heterocycles. The van der Waals surface area contributed by atoms with Crippen molar-refractivity contribution in [3.63, 3.8) is 0 Å². The number of hydrogen-bond acceptors (Lipinski definition) is 8. The van der Waals surface area contributed by atoms with Crippen molar-refractivity contribution in [2.45, 2.75) is 13.0 Å². The highest BCUT2D eigenvalue weighted by molar-refractivity contribution is 6.06. The molecular formula is C26H24N6O4. The Morgan fingerprint density at radius 2 is 1.86 bits per heavy atom. The van der Waals surface area contributed by atoms with Crippen LogP contribution in [0.15, 0.2) is 78.3 Å². The van der Waals surface area contributed by atoms with E-state index in [-0.39, 0.29) is 11.7 Å². The number of hydrogen-bond donors (Lipinski definition) is 3. The summed E-state index contributed by atoms with van der Waals surface area (Å²) in [7, 11) is 3.13. The van der Waals surface area contributed by atoms with E-state index < -0.39 is 6.04 Å². The van der Waals surface area contributed by atoms with E-state index in [1.807, 2.05) is 19.1 Å². The number of rotatable bonds is 6. The Bertz CT molecular complexity index is 1450. The second kappa shape index (κ2) is 9.41. The van der Waals surface area contributed by atoms with Gasteiger partial charge in [-0.05, 0) is 61.0 Å². The van der Waals surface area contributed by atoms with Gasteiger partial charge in [-0.15, -0.1) is 5.10 Å². The zero-order valence-electron chi connectivity index (χ0n) is 19.9. The van der Waals surface area contributed by atoms with Crippen LogP contribution in [0.4, 0.5) is 11.6 Å². The molecule has 1 aliphatic heterocycles. The highest BCUT2D eigenvalue weighted by atomic mass is 16.5. The highest BCUT2D eigenvalue weighted by Gasteiger charge is 2.35. The van der Waals surface area contributed by atoms with Crippen LogP contribution in [0.2, 0.25) is 0 Å². The van der Waals surface area contributed by atoms with E-state index in [0.717, 1.165) is 11.1 Å². The number of allylic oxidation sites excluding steroid dienone is 1. The minimum atomic E-state index is -0.615. The number of carbonyl (C=O) groups excluding carboxylic acids is 1. The molecule has 0 saturated carbocycles. The zero-order chi connectivity index (χ0) is 25.2. The molecule has 1 atom stereocenters. The van der Waals surface area contributed by atoms with Crippen molar-refractivity contribution in [1.82, 2.24) is 19.7 Å². The highest BCUT2D eigenvalue weighted by Crippen LogP contribution is 2.39. The number of ether oxygens (including phenoxy) is 2. The molecule has 0 spiro atoms. The number of pyridine rings is 1. The van der Waals surface area contributed by atoms with Gasteiger partial charge in [0.15, 0.2) is 17.3 Å². The molecule has 0 fully saturated rings. The van der Waals surface area contributed by atoms with Crippen molar-refractivity contribution in [2.24, 2.45) is 0 Å². The summed E-state index contributed by atoms with van der Waals surface area (Å²) in [5, 5.41) is 20.5. The van der Waals surface area contributed by atoms with E-state index in [1.54, 1.807) is 73.8 Å². The van der Waals surface area contributed by atoms with Crippen LogP contribution in [0.1, 0.15) is 18.5 Å². The van der Waals surface area contributed by atoms with E-state index in [0.29, 0.717) is 40.2 Å². The maximum Gasteiger partial charge on any atom is 0.255 e. The zero-order valence-corrected chi connectivity index (χ0v) is 19.9. The molecule has 2 aromatic carbocycles. The summed E-state index contributed by atoms with van der Waals surface area (Å²) < 4.78 is 12.6. The number of benzene rings is 2. The summed E-state index contributed by atoms with van der Waals surface area (Å²) >= 11 is 0. The van der Waals surface area contributed by atoms with Gasteiger partial charge in [-0.1, -0.05) is 6.07 Å². The summed E-state index contributed by atoms with van der Waals surface area (Å²) in [6, 6.07) is 15.0. The van der Waals surface area contributed by atoms with Gasteiger partial charge in [0.1, 0.15) is 11.8 Å². The predicted octanol–water partition coefficient (Wildman–Crippen LogP) is 3.99. The molecule has 1 amide bonds. The lowest BCUT2D eigenvalue weighted by molar-refractivity contribution is -0.113. The van der Waals surface area contributed by atoms with Crippen molar-refractivity contribution in [1.29, 1.82) is 0 Å². The van der Waals surface area contributed by atoms with E-state index in [1.165, 1.54) is 0 Å². The Hall–Kier alpha value is -4.86. The molecular weight excluding hydrogens is 460 g/mol. The molecule has 1 aliphatic rings. The first-order valence-corrected chi connectivity index (χ1v) is 11.2. The van der Waals surface area contributed by atoms with Crippen LogP contribution in [0.5, 0.6) is 17.2 Å². The minimum Gasteiger partial charge on any atom is -0.508 e. The standard InChI is InChI=1S/C26H24N6O4/c1-15-22(25(34)29-18-5-4-12-27-14-18)23(17-8-11-20(35-2)21(13-17)36-3)32-26(28-15)30-24(31-32)16-6-9-19(33)10-7-16/h4-14,23,33H,1-3H3,(H,29,34)(H,28,30,31)/t23-/m0/s1. The number of nitrogens with zero attached hydrogens (tertiary/aromatic N) is 4. The third kappa shape index (κ3) is 4.20. The van der Waals surface area contributed by atoms with Crippen molar-refractivity contribution in [3.05, 3.63) is 83.8 Å². The number of anilines is 2. The van der Waals surface area contributed by atoms with E-state index in [9.17, 15) is 9.90 Å². The average Bonchev–Trinajstić information content (AvgIpc) is 3.31. The molecule has 182 valence electrons. The molecule has 0 unspecified atom stereocenters. The third-order valence-corrected chi connectivity index (χ3v) is 5.87. The van der Waals surface area contributed by atoms with Crippen LogP contribution in [-0.2, 0) is 4.79 Å². The fourth-order valence-corrected chi connectivity index (χ4v) is 4.14. The number of nitrogens with one attached hydrogen (secondary N) is 2. The van der Waals surface area contributed by atoms with Gasteiger partial charge in [0.2, 0.25) is 5.95 Å². The molecule has 10 heteroatoms. The number of phenols is 1. The molecule has 36 heavy (non-hydrogen) atoms. The Labute approximate surface area is 207 Å². The van der Waals surface area contributed by atoms with Crippen molar-refractivity contribution in [2.75, 3.05) is 24.9 Å². The van der Waals surface area contributed by atoms with Gasteiger partial charge >= 0.3 is 0 Å². The van der Waals surface area contributed by atoms with Crippen molar-refractivity contribution in [3.8, 4) is 28.6 Å². The second-order valence-corrected chi connectivity index (χ2v) is 8.13. The summed E-state index contributed by atoms with van der Waals surface area (Å²) in [5.41, 5.74) is 3.15. The van der Waals surface area contributed by atoms with E-state index in [2.05, 4.69) is 20.6 Å². The Morgan fingerprint density at radius 3 is 2.56 bits per heavy atom. The average molecular weight is 485 g/mol. The lowest BCUT2D eigenvalue weighted by Crippen LogP contribution is -2.31. The van der Waals surface area contributed by atoms with E-state index >= 15 is 0 Å². The van der Waals surface area contributed by atoms with Gasteiger partial charge < -0.3 is 25.2 Å². The Balaban J connectivity index is 1.63. The van der Waals surface area contributed by atoms with Gasteiger partial charge in [-0.25, -0.2) is 4.68 Å². The summed E-state index contributed by atoms with van der Waals surface area (Å²) in [5.74, 6) is 1.87. The van der Waals surface area contributed by atoms with Gasteiger partial charge in [0.05, 0.1) is 31.7 Å². The number of aromatic hydroxyl groups is 1. The van der Waals surface area contributed by atoms with E-state index in [4.69, 9.17) is 14.6 Å². The quantitative estimate of drug-likeness (QED) is 0.375. The van der Waals surface area contributed by atoms with Crippen molar-refractivity contribution >= 4 is 17.5 Å². The van der Waals surface area contributed by atoms with Gasteiger partial charge in [0, 0.05) is 17.5 Å². The van der Waals surface area contributed by atoms with Gasteiger partial charge in [-0.3, -0.25) is 9.78 Å². The molecule has 0 bridgehead atoms. The normalized spacial score (nSPS) is 14.6. The summed E-state index contributed by atoms with van der Waals surface area (Å²) in [6.07, 6.45) is 3.22. The van der Waals surface area contributed by atoms with Crippen LogP contribution in [0, 0.1) is 0 Å². The summed E-state index contributed by atoms with van der Waals surface area (Å²) in [6.45, 7) is 1.82. The fourth-order valence-electron chi connectivity index (χ4n) is 4.14. The molecule has 5 rings (SSSR count). The topological polar surface area (TPSA) is 123 Å². The number of phenolic OH excluding ortho intramolecular Hbond substituents is 1. The molecule has 3 N–H and O–H groups in total. The first kappa shape index (κ1) is 22.9. The first-order valence-electron chi connectivity index (χ1n) is 11.2. The van der Waals surface area contributed by atoms with Crippen LogP contribution in [0.3, 0.4) is 0 Å². The monoisotopic (exact) mass is 484 g/mol. The molecule has 0 aliphatic carbocycles. The molecule has 0 radical (unpaired) electrons. The van der Waals surface area contributed by atoms with Crippen LogP contribution in [-0.4, -0.2) is 45.0 Å². The lowest BCUT2D eigenvalue weighted by Gasteiger charge is -2.29. The number of amides is 1. The Kier molecular flexibility index (Phi) is 5.99. The predicted molar refractivity (Wildman–Crippen MR) is 134 cm³/mol. The Morgan fingerprint density at radius 1 is 1.08 bits per heavy atom.